The summed E-state index contributed by atoms with van der Waals surface area (Å²) < 4.78 is 20.7. The number of carbonyl (C=O) groups is 4. The number of amides is 1. The molecule has 0 aromatic carbocycles. The van der Waals surface area contributed by atoms with Gasteiger partial charge in [0.05, 0.1) is 0 Å². The van der Waals surface area contributed by atoms with Gasteiger partial charge in [-0.1, -0.05) is 0 Å². The molecule has 0 radical (unpaired) electrons. The van der Waals surface area contributed by atoms with Crippen LogP contribution in [-0.2, 0) is 38.1 Å². The van der Waals surface area contributed by atoms with Gasteiger partial charge in [-0.05, 0) is 0 Å². The van der Waals surface area contributed by atoms with Crippen LogP contribution in [0.4, 0.5) is 0 Å². The molecule has 1 rings (SSSR count). The van der Waals surface area contributed by atoms with Crippen molar-refractivity contribution in [3.63, 3.8) is 0 Å². The van der Waals surface area contributed by atoms with E-state index in [1.54, 1.807) is 0 Å². The molecule has 1 fully saturated rings. The monoisotopic (exact) mass is 356 g/mol. The Hall–Kier alpha value is -2.67. The van der Waals surface area contributed by atoms with Crippen molar-refractivity contribution in [3.05, 3.63) is 11.4 Å². The van der Waals surface area contributed by atoms with E-state index < -0.39 is 54.4 Å². The Kier molecular flexibility index (Phi) is 7.32. The lowest BCUT2D eigenvalue weighted by Crippen LogP contribution is -2.65. The van der Waals surface area contributed by atoms with E-state index in [2.05, 4.69) is 10.2 Å². The zero-order chi connectivity index (χ0) is 19.1. The van der Waals surface area contributed by atoms with E-state index in [9.17, 15) is 19.2 Å². The summed E-state index contributed by atoms with van der Waals surface area (Å²) in [6.07, 6.45) is -4.61. The summed E-state index contributed by atoms with van der Waals surface area (Å²) >= 11 is 0. The molecule has 10 nitrogen and oxygen atoms in total. The van der Waals surface area contributed by atoms with Gasteiger partial charge in [-0.3, -0.25) is 28.8 Å². The summed E-state index contributed by atoms with van der Waals surface area (Å²) in [5.74, 6) is -2.48. The van der Waals surface area contributed by atoms with Crippen LogP contribution in [0.1, 0.15) is 27.7 Å². The summed E-state index contributed by atoms with van der Waals surface area (Å²) in [6.45, 7) is 11.6. The van der Waals surface area contributed by atoms with Crippen LogP contribution in [0, 0.1) is 6.57 Å². The molecule has 0 aromatic rings. The van der Waals surface area contributed by atoms with E-state index in [-0.39, 0.29) is 6.61 Å². The highest BCUT2D eigenvalue weighted by Gasteiger charge is 2.53. The number of esters is 3. The van der Waals surface area contributed by atoms with Crippen LogP contribution in [0.5, 0.6) is 0 Å². The summed E-state index contributed by atoms with van der Waals surface area (Å²) in [5.41, 5.74) is 0. The maximum Gasteiger partial charge on any atom is 0.352 e. The zero-order valence-electron chi connectivity index (χ0n) is 14.3. The van der Waals surface area contributed by atoms with Gasteiger partial charge >= 0.3 is 24.1 Å². The molecule has 5 atom stereocenters. The largest absolute Gasteiger partial charge is 0.463 e. The number of nitrogens with zero attached hydrogens (tertiary/aromatic N) is 1. The highest BCUT2D eigenvalue weighted by molar-refractivity contribution is 5.73. The van der Waals surface area contributed by atoms with E-state index in [0.29, 0.717) is 0 Å². The van der Waals surface area contributed by atoms with E-state index in [1.165, 1.54) is 13.8 Å². The fourth-order valence-corrected chi connectivity index (χ4v) is 2.42. The van der Waals surface area contributed by atoms with Crippen molar-refractivity contribution < 1.29 is 38.1 Å². The lowest BCUT2D eigenvalue weighted by atomic mass is 9.95. The summed E-state index contributed by atoms with van der Waals surface area (Å²) in [7, 11) is 0. The molecular weight excluding hydrogens is 336 g/mol. The second-order valence-electron chi connectivity index (χ2n) is 5.37. The molecule has 1 saturated heterocycles. The van der Waals surface area contributed by atoms with Gasteiger partial charge in [-0.25, -0.2) is 6.57 Å². The van der Waals surface area contributed by atoms with Crippen LogP contribution in [0.3, 0.4) is 0 Å². The Bertz CT molecular complexity index is 585. The first-order chi connectivity index (χ1) is 11.6. The average Bonchev–Trinajstić information content (AvgIpc) is 2.48. The van der Waals surface area contributed by atoms with E-state index >= 15 is 0 Å². The van der Waals surface area contributed by atoms with Gasteiger partial charge in [-0.15, -0.1) is 0 Å². The molecule has 0 saturated carbocycles. The number of carbonyl (C=O) groups excluding carboxylic acids is 4. The van der Waals surface area contributed by atoms with Gasteiger partial charge in [0.15, 0.2) is 18.2 Å². The maximum absolute atomic E-state index is 11.5. The highest BCUT2D eigenvalue weighted by Crippen LogP contribution is 2.27. The molecule has 1 amide bonds. The third kappa shape index (κ3) is 6.04. The molecule has 0 unspecified atom stereocenters. The zero-order valence-corrected chi connectivity index (χ0v) is 14.3. The lowest BCUT2D eigenvalue weighted by Gasteiger charge is -2.40. The van der Waals surface area contributed by atoms with Crippen LogP contribution in [-0.4, -0.2) is 61.0 Å². The molecule has 0 aliphatic carbocycles. The first kappa shape index (κ1) is 20.4. The van der Waals surface area contributed by atoms with Crippen molar-refractivity contribution in [2.75, 3.05) is 6.61 Å². The molecule has 0 aromatic heterocycles. The third-order valence-electron chi connectivity index (χ3n) is 3.22. The second-order valence-corrected chi connectivity index (χ2v) is 5.37. The van der Waals surface area contributed by atoms with Crippen molar-refractivity contribution >= 4 is 23.8 Å². The van der Waals surface area contributed by atoms with Crippen LogP contribution < -0.4 is 5.32 Å². The molecule has 1 N–H and O–H groups in total. The standard InChI is InChI=1S/C15H20N2O8/c1-7(18)17-12-14(24-10(4)21)13(23-9(3)20)11(6-22-8(2)19)25-15(12)16-5/h11-15H,6H2,1-4H3,(H,17,18)/t11-,12+,13-,14-,15-/m1/s1. The van der Waals surface area contributed by atoms with Crippen LogP contribution >= 0.6 is 0 Å². The van der Waals surface area contributed by atoms with Gasteiger partial charge in [0.25, 0.3) is 0 Å². The Labute approximate surface area is 144 Å². The summed E-state index contributed by atoms with van der Waals surface area (Å²) in [4.78, 5) is 48.7. The van der Waals surface area contributed by atoms with E-state index in [4.69, 9.17) is 25.5 Å². The molecule has 0 bridgehead atoms. The average molecular weight is 356 g/mol. The van der Waals surface area contributed by atoms with Crippen molar-refractivity contribution in [1.82, 2.24) is 5.32 Å². The molecule has 1 heterocycles. The minimum absolute atomic E-state index is 0.316. The predicted octanol–water partition coefficient (Wildman–Crippen LogP) is -0.438. The smallest absolute Gasteiger partial charge is 0.352 e. The van der Waals surface area contributed by atoms with Crippen molar-refractivity contribution in [2.24, 2.45) is 0 Å². The first-order valence-corrected chi connectivity index (χ1v) is 7.42. The predicted molar refractivity (Wildman–Crippen MR) is 80.6 cm³/mol. The Balaban J connectivity index is 3.21. The SMILES string of the molecule is [C-]#[N+][C@@H]1O[C@H](COC(C)=O)[C@@H](OC(C)=O)[C@H](OC(C)=O)[C@@H]1NC(C)=O. The number of nitrogens with one attached hydrogen (secondary N) is 1. The highest BCUT2D eigenvalue weighted by atomic mass is 16.6. The molecule has 138 valence electrons. The molecule has 25 heavy (non-hydrogen) atoms. The first-order valence-electron chi connectivity index (χ1n) is 7.42. The quantitative estimate of drug-likeness (QED) is 0.400. The van der Waals surface area contributed by atoms with Crippen molar-refractivity contribution in [1.29, 1.82) is 0 Å². The molecule has 1 aliphatic rings. The number of hydrogen-bond acceptors (Lipinski definition) is 8. The van der Waals surface area contributed by atoms with Gasteiger partial charge < -0.3 is 19.5 Å². The lowest BCUT2D eigenvalue weighted by molar-refractivity contribution is -0.217. The van der Waals surface area contributed by atoms with Crippen molar-refractivity contribution in [2.45, 2.75) is 58.3 Å². The number of ether oxygens (including phenoxy) is 4. The molecule has 1 aliphatic heterocycles. The van der Waals surface area contributed by atoms with Gasteiger partial charge in [0, 0.05) is 27.7 Å². The van der Waals surface area contributed by atoms with Crippen LogP contribution in [0.25, 0.3) is 4.85 Å². The topological polar surface area (TPSA) is 122 Å². The van der Waals surface area contributed by atoms with Crippen LogP contribution in [0.15, 0.2) is 0 Å². The van der Waals surface area contributed by atoms with Crippen LogP contribution in [0.2, 0.25) is 0 Å². The normalized spacial score (nSPS) is 28.2. The Morgan fingerprint density at radius 1 is 1.00 bits per heavy atom. The summed E-state index contributed by atoms with van der Waals surface area (Å²) in [6, 6.07) is -1.06. The van der Waals surface area contributed by atoms with Gasteiger partial charge in [0.2, 0.25) is 5.91 Å². The number of hydrogen-bond donors (Lipinski definition) is 1. The molecular formula is C15H20N2O8. The minimum Gasteiger partial charge on any atom is -0.463 e. The Morgan fingerprint density at radius 2 is 1.56 bits per heavy atom. The summed E-state index contributed by atoms with van der Waals surface area (Å²) in [5, 5.41) is 2.47. The Morgan fingerprint density at radius 3 is 2.00 bits per heavy atom. The van der Waals surface area contributed by atoms with Crippen molar-refractivity contribution in [3.8, 4) is 0 Å². The maximum atomic E-state index is 11.5. The third-order valence-corrected chi connectivity index (χ3v) is 3.22. The minimum atomic E-state index is -1.22. The fraction of sp³-hybridized carbons (Fsp3) is 0.667. The number of rotatable bonds is 5. The molecule has 0 spiro atoms. The van der Waals surface area contributed by atoms with E-state index in [0.717, 1.165) is 13.8 Å². The van der Waals surface area contributed by atoms with E-state index in [1.807, 2.05) is 0 Å². The van der Waals surface area contributed by atoms with Gasteiger partial charge in [0.1, 0.15) is 12.7 Å². The fourth-order valence-electron chi connectivity index (χ4n) is 2.42. The van der Waals surface area contributed by atoms with Gasteiger partial charge in [-0.2, -0.15) is 0 Å². The molecule has 10 heteroatoms. The second kappa shape index (κ2) is 8.98.